The highest BCUT2D eigenvalue weighted by atomic mass is 79.9. The summed E-state index contributed by atoms with van der Waals surface area (Å²) in [5.41, 5.74) is 1.93. The van der Waals surface area contributed by atoms with E-state index in [0.717, 1.165) is 20.6 Å². The van der Waals surface area contributed by atoms with Crippen molar-refractivity contribution in [2.45, 2.75) is 12.1 Å². The molecule has 6 nitrogen and oxygen atoms in total. The fraction of sp³-hybridized carbons (Fsp3) is 0.167. The summed E-state index contributed by atoms with van der Waals surface area (Å²) >= 11 is 9.83. The van der Waals surface area contributed by atoms with Crippen molar-refractivity contribution in [3.05, 3.63) is 87.9 Å². The molecule has 2 saturated heterocycles. The van der Waals surface area contributed by atoms with Gasteiger partial charge in [-0.15, -0.1) is 0 Å². The predicted octanol–water partition coefficient (Wildman–Crippen LogP) is 5.16. The van der Waals surface area contributed by atoms with E-state index in [1.165, 1.54) is 0 Å². The summed E-state index contributed by atoms with van der Waals surface area (Å²) in [6, 6.07) is 21.3. The van der Waals surface area contributed by atoms with Crippen molar-refractivity contribution in [3.63, 3.8) is 0 Å². The van der Waals surface area contributed by atoms with Gasteiger partial charge in [-0.25, -0.2) is 9.96 Å². The third kappa shape index (κ3) is 3.28. The van der Waals surface area contributed by atoms with Crippen LogP contribution in [-0.4, -0.2) is 25.0 Å². The summed E-state index contributed by atoms with van der Waals surface area (Å²) in [6.07, 6.45) is -0.954. The Kier molecular flexibility index (Phi) is 5.41. The second-order valence-electron chi connectivity index (χ2n) is 7.52. The van der Waals surface area contributed by atoms with E-state index in [9.17, 15) is 9.59 Å². The first-order valence-corrected chi connectivity index (χ1v) is 11.1. The third-order valence-corrected chi connectivity index (χ3v) is 6.68. The maximum absolute atomic E-state index is 13.6. The Balaban J connectivity index is 1.61. The Hall–Kier alpha value is -2.87. The molecule has 0 unspecified atom stereocenters. The second kappa shape index (κ2) is 8.24. The highest BCUT2D eigenvalue weighted by Gasteiger charge is 2.60. The molecule has 3 atom stereocenters. The number of nitrogens with zero attached hydrogens (tertiary/aromatic N) is 2. The van der Waals surface area contributed by atoms with Gasteiger partial charge >= 0.3 is 0 Å². The minimum absolute atomic E-state index is 0.331. The molecule has 2 amide bonds. The SMILES string of the molecule is COc1ccc([C@H]2[C@@H]3C(=O)N(c4ccccc4Cl)C(=O)[C@H]3ON2c2ccccc2)cc1Br. The van der Waals surface area contributed by atoms with Crippen LogP contribution in [0.5, 0.6) is 5.75 Å². The van der Waals surface area contributed by atoms with Gasteiger partial charge in [0.05, 0.1) is 34.0 Å². The molecule has 162 valence electrons. The predicted molar refractivity (Wildman–Crippen MR) is 125 cm³/mol. The van der Waals surface area contributed by atoms with Gasteiger partial charge in [0.2, 0.25) is 5.91 Å². The molecule has 0 aromatic heterocycles. The van der Waals surface area contributed by atoms with Crippen LogP contribution in [0.25, 0.3) is 0 Å². The van der Waals surface area contributed by atoms with Crippen molar-refractivity contribution in [2.24, 2.45) is 5.92 Å². The van der Waals surface area contributed by atoms with Crippen LogP contribution in [0.4, 0.5) is 11.4 Å². The number of imide groups is 1. The Morgan fingerprint density at radius 2 is 1.69 bits per heavy atom. The van der Waals surface area contributed by atoms with Gasteiger partial charge in [0.15, 0.2) is 6.10 Å². The van der Waals surface area contributed by atoms with Crippen LogP contribution in [0.3, 0.4) is 0 Å². The van der Waals surface area contributed by atoms with E-state index in [1.54, 1.807) is 36.4 Å². The lowest BCUT2D eigenvalue weighted by molar-refractivity contribution is -0.126. The molecule has 3 aromatic rings. The van der Waals surface area contributed by atoms with Gasteiger partial charge in [0.1, 0.15) is 11.7 Å². The van der Waals surface area contributed by atoms with E-state index < -0.39 is 24.0 Å². The molecule has 2 aliphatic rings. The first-order valence-electron chi connectivity index (χ1n) is 9.98. The zero-order chi connectivity index (χ0) is 22.4. The summed E-state index contributed by atoms with van der Waals surface area (Å²) in [4.78, 5) is 34.2. The quantitative estimate of drug-likeness (QED) is 0.451. The smallest absolute Gasteiger partial charge is 0.266 e. The minimum atomic E-state index is -0.954. The molecule has 0 radical (unpaired) electrons. The van der Waals surface area contributed by atoms with Gasteiger partial charge < -0.3 is 4.74 Å². The molecule has 2 aliphatic heterocycles. The number of anilines is 2. The summed E-state index contributed by atoms with van der Waals surface area (Å²) in [7, 11) is 1.59. The molecule has 2 fully saturated rings. The van der Waals surface area contributed by atoms with Crippen molar-refractivity contribution in [1.82, 2.24) is 0 Å². The fourth-order valence-electron chi connectivity index (χ4n) is 4.29. The molecule has 8 heteroatoms. The number of carbonyl (C=O) groups is 2. The molecule has 32 heavy (non-hydrogen) atoms. The highest BCUT2D eigenvalue weighted by molar-refractivity contribution is 9.10. The number of carbonyl (C=O) groups excluding carboxylic acids is 2. The average Bonchev–Trinajstić information content (AvgIpc) is 3.31. The normalized spacial score (nSPS) is 22.4. The van der Waals surface area contributed by atoms with E-state index in [1.807, 2.05) is 48.5 Å². The van der Waals surface area contributed by atoms with Crippen LogP contribution in [0.15, 0.2) is 77.3 Å². The van der Waals surface area contributed by atoms with E-state index in [4.69, 9.17) is 21.2 Å². The van der Waals surface area contributed by atoms with E-state index in [-0.39, 0.29) is 5.91 Å². The van der Waals surface area contributed by atoms with Crippen molar-refractivity contribution in [2.75, 3.05) is 17.1 Å². The van der Waals surface area contributed by atoms with E-state index in [0.29, 0.717) is 16.5 Å². The Morgan fingerprint density at radius 3 is 2.38 bits per heavy atom. The van der Waals surface area contributed by atoms with Crippen LogP contribution in [0.1, 0.15) is 11.6 Å². The number of amides is 2. The number of hydrogen-bond acceptors (Lipinski definition) is 5. The molecule has 0 N–H and O–H groups in total. The minimum Gasteiger partial charge on any atom is -0.496 e. The summed E-state index contributed by atoms with van der Waals surface area (Å²) in [5.74, 6) is -0.839. The molecule has 0 aliphatic carbocycles. The number of rotatable bonds is 4. The Bertz CT molecular complexity index is 1210. The maximum atomic E-state index is 13.6. The summed E-state index contributed by atoms with van der Waals surface area (Å²) < 4.78 is 6.10. The lowest BCUT2D eigenvalue weighted by atomic mass is 9.90. The van der Waals surface area contributed by atoms with Gasteiger partial charge in [0, 0.05) is 0 Å². The lowest BCUT2D eigenvalue weighted by Gasteiger charge is -2.29. The van der Waals surface area contributed by atoms with Gasteiger partial charge in [0.25, 0.3) is 5.91 Å². The molecule has 3 aromatic carbocycles. The maximum Gasteiger partial charge on any atom is 0.266 e. The molecule has 0 spiro atoms. The van der Waals surface area contributed by atoms with Gasteiger partial charge in [-0.3, -0.25) is 14.4 Å². The number of methoxy groups -OCH3 is 1. The van der Waals surface area contributed by atoms with Crippen molar-refractivity contribution >= 4 is 50.7 Å². The number of hydrogen-bond donors (Lipinski definition) is 0. The molecular weight excluding hydrogens is 496 g/mol. The van der Waals surface area contributed by atoms with Gasteiger partial charge in [-0.05, 0) is 57.9 Å². The Morgan fingerprint density at radius 1 is 0.969 bits per heavy atom. The fourth-order valence-corrected chi connectivity index (χ4v) is 5.07. The first-order chi connectivity index (χ1) is 15.5. The van der Waals surface area contributed by atoms with Crippen molar-refractivity contribution in [3.8, 4) is 5.75 Å². The first kappa shape index (κ1) is 21.0. The van der Waals surface area contributed by atoms with Gasteiger partial charge in [-0.2, -0.15) is 0 Å². The number of fused-ring (bicyclic) bond motifs is 1. The molecule has 0 bridgehead atoms. The zero-order valence-corrected chi connectivity index (χ0v) is 19.3. The van der Waals surface area contributed by atoms with Crippen LogP contribution in [0.2, 0.25) is 5.02 Å². The number of benzene rings is 3. The largest absolute Gasteiger partial charge is 0.496 e. The zero-order valence-electron chi connectivity index (χ0n) is 16.9. The summed E-state index contributed by atoms with van der Waals surface area (Å²) in [6.45, 7) is 0. The van der Waals surface area contributed by atoms with Crippen molar-refractivity contribution < 1.29 is 19.2 Å². The van der Waals surface area contributed by atoms with Crippen molar-refractivity contribution in [1.29, 1.82) is 0 Å². The van der Waals surface area contributed by atoms with E-state index in [2.05, 4.69) is 15.9 Å². The third-order valence-electron chi connectivity index (χ3n) is 5.74. The molecular formula is C24H18BrClN2O4. The van der Waals surface area contributed by atoms with Crippen LogP contribution in [0, 0.1) is 5.92 Å². The number of ether oxygens (including phenoxy) is 1. The molecule has 0 saturated carbocycles. The number of para-hydroxylation sites is 2. The van der Waals surface area contributed by atoms with Crippen LogP contribution < -0.4 is 14.7 Å². The molecule has 5 rings (SSSR count). The Labute approximate surface area is 198 Å². The lowest BCUT2D eigenvalue weighted by Crippen LogP contribution is -2.37. The van der Waals surface area contributed by atoms with E-state index >= 15 is 0 Å². The number of hydroxylamine groups is 1. The standard InChI is InChI=1S/C24H18BrClN2O4/c1-31-19-12-11-14(13-16(19)25)21-20-22(32-28(21)15-7-3-2-4-8-15)24(30)27(23(20)29)18-10-6-5-9-17(18)26/h2-13,20-22H,1H3/t20-,21-,22-/m0/s1. The highest BCUT2D eigenvalue weighted by Crippen LogP contribution is 2.49. The number of halogens is 2. The monoisotopic (exact) mass is 512 g/mol. The molecule has 2 heterocycles. The van der Waals surface area contributed by atoms with Crippen LogP contribution >= 0.6 is 27.5 Å². The average molecular weight is 514 g/mol. The second-order valence-corrected chi connectivity index (χ2v) is 8.78. The van der Waals surface area contributed by atoms with Crippen LogP contribution in [-0.2, 0) is 14.4 Å². The van der Waals surface area contributed by atoms with Gasteiger partial charge in [-0.1, -0.05) is 48.0 Å². The summed E-state index contributed by atoms with van der Waals surface area (Å²) in [5, 5.41) is 1.99. The topological polar surface area (TPSA) is 59.1 Å².